The van der Waals surface area contributed by atoms with Crippen LogP contribution >= 0.6 is 0 Å². The molecule has 2 aromatic heterocycles. The average molecular weight is 521 g/mol. The Labute approximate surface area is 218 Å². The Balaban J connectivity index is 1.30. The van der Waals surface area contributed by atoms with Crippen molar-refractivity contribution in [3.8, 4) is 16.9 Å². The summed E-state index contributed by atoms with van der Waals surface area (Å²) in [5.41, 5.74) is 1.20. The van der Waals surface area contributed by atoms with Gasteiger partial charge in [-0.3, -0.25) is 4.79 Å². The number of aromatic nitrogens is 2. The lowest BCUT2D eigenvalue weighted by Gasteiger charge is -2.32. The van der Waals surface area contributed by atoms with Crippen molar-refractivity contribution in [1.82, 2.24) is 14.9 Å². The summed E-state index contributed by atoms with van der Waals surface area (Å²) in [5.74, 6) is 1.41. The Morgan fingerprint density at radius 2 is 1.82 bits per heavy atom. The first kappa shape index (κ1) is 25.5. The molecule has 0 bridgehead atoms. The second-order valence-corrected chi connectivity index (χ2v) is 9.33. The number of likely N-dealkylation sites (tertiary alicyclic amines) is 1. The highest BCUT2D eigenvalue weighted by atomic mass is 19.4. The zero-order chi connectivity index (χ0) is 26.7. The summed E-state index contributed by atoms with van der Waals surface area (Å²) in [6.45, 7) is 1.84. The Morgan fingerprint density at radius 1 is 1.05 bits per heavy atom. The normalized spacial score (nSPS) is 14.5. The van der Waals surface area contributed by atoms with Gasteiger partial charge in [0.15, 0.2) is 0 Å². The van der Waals surface area contributed by atoms with Crippen molar-refractivity contribution >= 4 is 22.6 Å². The Hall–Kier alpha value is -4.14. The number of hydrogen-bond acceptors (Lipinski definition) is 5. The summed E-state index contributed by atoms with van der Waals surface area (Å²) in [6, 6.07) is 18.7. The largest absolute Gasteiger partial charge is 0.497 e. The number of fused-ring (bicyclic) bond motifs is 1. The van der Waals surface area contributed by atoms with E-state index in [9.17, 15) is 18.0 Å². The molecule has 0 spiro atoms. The summed E-state index contributed by atoms with van der Waals surface area (Å²) in [7, 11) is 1.57. The summed E-state index contributed by atoms with van der Waals surface area (Å²) in [6.07, 6.45) is -1.36. The van der Waals surface area contributed by atoms with Crippen molar-refractivity contribution in [3.05, 3.63) is 84.2 Å². The van der Waals surface area contributed by atoms with Crippen molar-refractivity contribution in [2.24, 2.45) is 5.92 Å². The second-order valence-electron chi connectivity index (χ2n) is 9.33. The Morgan fingerprint density at radius 3 is 2.53 bits per heavy atom. The van der Waals surface area contributed by atoms with E-state index in [2.05, 4.69) is 15.3 Å². The lowest BCUT2D eigenvalue weighted by Crippen LogP contribution is -2.39. The number of amides is 1. The molecule has 0 aliphatic carbocycles. The highest BCUT2D eigenvalue weighted by Crippen LogP contribution is 2.35. The van der Waals surface area contributed by atoms with E-state index >= 15 is 0 Å². The van der Waals surface area contributed by atoms with E-state index in [4.69, 9.17) is 4.74 Å². The molecule has 5 rings (SSSR count). The van der Waals surface area contributed by atoms with Gasteiger partial charge in [0.25, 0.3) is 5.91 Å². The van der Waals surface area contributed by atoms with Crippen LogP contribution in [0.25, 0.3) is 22.0 Å². The summed E-state index contributed by atoms with van der Waals surface area (Å²) in [5, 5.41) is 3.87. The van der Waals surface area contributed by atoms with Gasteiger partial charge in [-0.25, -0.2) is 9.97 Å². The molecule has 0 saturated carbocycles. The van der Waals surface area contributed by atoms with E-state index in [0.717, 1.165) is 24.5 Å². The second kappa shape index (κ2) is 10.7. The van der Waals surface area contributed by atoms with Crippen LogP contribution < -0.4 is 10.1 Å². The van der Waals surface area contributed by atoms with Gasteiger partial charge in [0.1, 0.15) is 17.3 Å². The van der Waals surface area contributed by atoms with E-state index < -0.39 is 11.9 Å². The monoisotopic (exact) mass is 520 g/mol. The number of piperidine rings is 1. The number of nitrogens with zero attached hydrogens (tertiary/aromatic N) is 3. The quantitative estimate of drug-likeness (QED) is 0.324. The van der Waals surface area contributed by atoms with E-state index in [1.54, 1.807) is 37.6 Å². The topological polar surface area (TPSA) is 67.3 Å². The molecular weight excluding hydrogens is 493 g/mol. The van der Waals surface area contributed by atoms with Crippen LogP contribution in [0.1, 0.15) is 28.9 Å². The van der Waals surface area contributed by atoms with Gasteiger partial charge in [0.05, 0.1) is 12.6 Å². The van der Waals surface area contributed by atoms with Crippen molar-refractivity contribution in [2.45, 2.75) is 19.0 Å². The maximum absolute atomic E-state index is 13.4. The number of anilines is 1. The van der Waals surface area contributed by atoms with Gasteiger partial charge in [-0.15, -0.1) is 0 Å². The molecule has 9 heteroatoms. The molecule has 1 aliphatic heterocycles. The fourth-order valence-corrected chi connectivity index (χ4v) is 4.76. The fraction of sp³-hybridized carbons (Fsp3) is 0.276. The number of benzene rings is 2. The standard InChI is InChI=1S/C29H27F3N4O2/c1-38-22-9-5-8-21(16-22)28(37)36-14-12-19(13-15-36)17-33-27-23-10-11-25(29(30,31)32)35-26(23)24(18-34-27)20-6-3-2-4-7-20/h2-11,16,18-19H,12-15,17H2,1H3,(H,33,34). The predicted octanol–water partition coefficient (Wildman–Crippen LogP) is 6.29. The van der Waals surface area contributed by atoms with Crippen LogP contribution in [0.15, 0.2) is 72.9 Å². The van der Waals surface area contributed by atoms with Crippen molar-refractivity contribution in [2.75, 3.05) is 32.1 Å². The summed E-state index contributed by atoms with van der Waals surface area (Å²) < 4.78 is 45.6. The highest BCUT2D eigenvalue weighted by Gasteiger charge is 2.33. The molecule has 1 amide bonds. The molecular formula is C29H27F3N4O2. The summed E-state index contributed by atoms with van der Waals surface area (Å²) in [4.78, 5) is 23.3. The van der Waals surface area contributed by atoms with Crippen LogP contribution in [0.2, 0.25) is 0 Å². The minimum Gasteiger partial charge on any atom is -0.497 e. The number of ether oxygens (including phenoxy) is 1. The first-order valence-corrected chi connectivity index (χ1v) is 12.4. The number of nitrogens with one attached hydrogen (secondary N) is 1. The third kappa shape index (κ3) is 5.41. The van der Waals surface area contributed by atoms with Gasteiger partial charge in [-0.1, -0.05) is 36.4 Å². The van der Waals surface area contributed by atoms with Crippen LogP contribution in [-0.4, -0.2) is 47.5 Å². The summed E-state index contributed by atoms with van der Waals surface area (Å²) >= 11 is 0. The number of carbonyl (C=O) groups excluding carboxylic acids is 1. The van der Waals surface area contributed by atoms with Crippen LogP contribution in [0.4, 0.5) is 19.0 Å². The predicted molar refractivity (Wildman–Crippen MR) is 140 cm³/mol. The van der Waals surface area contributed by atoms with Gasteiger partial charge in [-0.05, 0) is 54.7 Å². The van der Waals surface area contributed by atoms with E-state index in [0.29, 0.717) is 47.7 Å². The Kier molecular flexibility index (Phi) is 7.18. The molecule has 1 aliphatic rings. The minimum atomic E-state index is -4.55. The molecule has 2 aromatic carbocycles. The number of pyridine rings is 2. The lowest BCUT2D eigenvalue weighted by molar-refractivity contribution is -0.140. The first-order valence-electron chi connectivity index (χ1n) is 12.4. The van der Waals surface area contributed by atoms with E-state index in [1.165, 1.54) is 6.07 Å². The number of carbonyl (C=O) groups is 1. The van der Waals surface area contributed by atoms with Crippen LogP contribution in [0.3, 0.4) is 0 Å². The maximum Gasteiger partial charge on any atom is 0.433 e. The molecule has 38 heavy (non-hydrogen) atoms. The average Bonchev–Trinajstić information content (AvgIpc) is 2.95. The van der Waals surface area contributed by atoms with Gasteiger partial charge in [0, 0.05) is 42.3 Å². The third-order valence-electron chi connectivity index (χ3n) is 6.88. The highest BCUT2D eigenvalue weighted by molar-refractivity contribution is 5.99. The van der Waals surface area contributed by atoms with Crippen LogP contribution in [0, 0.1) is 5.92 Å². The minimum absolute atomic E-state index is 0.0222. The van der Waals surface area contributed by atoms with Gasteiger partial charge in [0.2, 0.25) is 0 Å². The molecule has 1 N–H and O–H groups in total. The SMILES string of the molecule is COc1cccc(C(=O)N2CCC(CNc3ncc(-c4ccccc4)c4nc(C(F)(F)F)ccc34)CC2)c1. The molecule has 0 unspecified atom stereocenters. The molecule has 1 saturated heterocycles. The zero-order valence-electron chi connectivity index (χ0n) is 20.8. The van der Waals surface area contributed by atoms with Gasteiger partial charge >= 0.3 is 6.18 Å². The van der Waals surface area contributed by atoms with Crippen LogP contribution in [0.5, 0.6) is 5.75 Å². The first-order chi connectivity index (χ1) is 18.3. The van der Waals surface area contributed by atoms with E-state index in [-0.39, 0.29) is 17.3 Å². The molecule has 4 aromatic rings. The zero-order valence-corrected chi connectivity index (χ0v) is 20.8. The van der Waals surface area contributed by atoms with Crippen LogP contribution in [-0.2, 0) is 6.18 Å². The molecule has 0 atom stereocenters. The Bertz CT molecular complexity index is 1440. The maximum atomic E-state index is 13.4. The number of halogens is 3. The molecule has 1 fully saturated rings. The molecule has 196 valence electrons. The number of alkyl halides is 3. The number of hydrogen-bond donors (Lipinski definition) is 1. The lowest BCUT2D eigenvalue weighted by atomic mass is 9.96. The van der Waals surface area contributed by atoms with Crippen molar-refractivity contribution in [3.63, 3.8) is 0 Å². The molecule has 0 radical (unpaired) electrons. The smallest absolute Gasteiger partial charge is 0.433 e. The molecule has 6 nitrogen and oxygen atoms in total. The van der Waals surface area contributed by atoms with E-state index in [1.807, 2.05) is 35.2 Å². The number of rotatable bonds is 6. The third-order valence-corrected chi connectivity index (χ3v) is 6.88. The molecule has 3 heterocycles. The number of methoxy groups -OCH3 is 1. The van der Waals surface area contributed by atoms with Crippen molar-refractivity contribution in [1.29, 1.82) is 0 Å². The van der Waals surface area contributed by atoms with Gasteiger partial charge in [-0.2, -0.15) is 13.2 Å². The fourth-order valence-electron chi connectivity index (χ4n) is 4.76. The van der Waals surface area contributed by atoms with Gasteiger partial charge < -0.3 is 15.0 Å². The van der Waals surface area contributed by atoms with Crippen molar-refractivity contribution < 1.29 is 22.7 Å².